The molecule has 3 nitrogen and oxygen atoms in total. The minimum absolute atomic E-state index is 0.0264. The van der Waals surface area contributed by atoms with Crippen molar-refractivity contribution in [1.82, 2.24) is 0 Å². The van der Waals surface area contributed by atoms with Crippen molar-refractivity contribution < 1.29 is 9.84 Å². The zero-order chi connectivity index (χ0) is 11.4. The number of rotatable bonds is 5. The first kappa shape index (κ1) is 12.3. The molecule has 1 saturated heterocycles. The minimum Gasteiger partial charge on any atom is -0.393 e. The Bertz CT molecular complexity index is 216. The second-order valence-corrected chi connectivity index (χ2v) is 5.50. The van der Waals surface area contributed by atoms with Crippen molar-refractivity contribution in [2.75, 3.05) is 13.2 Å². The Morgan fingerprint density at radius 3 is 2.75 bits per heavy atom. The zero-order valence-electron chi connectivity index (χ0n) is 10.2. The third kappa shape index (κ3) is 2.58. The summed E-state index contributed by atoms with van der Waals surface area (Å²) >= 11 is 0. The summed E-state index contributed by atoms with van der Waals surface area (Å²) in [6.45, 7) is 1.58. The molecule has 2 fully saturated rings. The van der Waals surface area contributed by atoms with E-state index in [1.165, 1.54) is 12.8 Å². The van der Waals surface area contributed by atoms with Crippen LogP contribution in [0.5, 0.6) is 0 Å². The Labute approximate surface area is 98.4 Å². The lowest BCUT2D eigenvalue weighted by Crippen LogP contribution is -2.37. The van der Waals surface area contributed by atoms with Crippen LogP contribution in [0.1, 0.15) is 51.4 Å². The van der Waals surface area contributed by atoms with E-state index in [1.54, 1.807) is 0 Å². The van der Waals surface area contributed by atoms with Gasteiger partial charge in [0.1, 0.15) is 0 Å². The van der Waals surface area contributed by atoms with E-state index in [2.05, 4.69) is 0 Å². The van der Waals surface area contributed by atoms with E-state index in [0.29, 0.717) is 12.6 Å². The summed E-state index contributed by atoms with van der Waals surface area (Å²) in [7, 11) is 0. The number of aliphatic hydroxyl groups excluding tert-OH is 1. The van der Waals surface area contributed by atoms with Crippen molar-refractivity contribution in [3.05, 3.63) is 0 Å². The van der Waals surface area contributed by atoms with Crippen LogP contribution < -0.4 is 5.73 Å². The van der Waals surface area contributed by atoms with Gasteiger partial charge >= 0.3 is 0 Å². The topological polar surface area (TPSA) is 55.5 Å². The maximum atomic E-state index is 10.0. The van der Waals surface area contributed by atoms with Gasteiger partial charge in [-0.1, -0.05) is 12.8 Å². The Balaban J connectivity index is 1.74. The van der Waals surface area contributed by atoms with Crippen LogP contribution in [0, 0.1) is 5.41 Å². The van der Waals surface area contributed by atoms with Crippen molar-refractivity contribution in [1.29, 1.82) is 0 Å². The molecule has 0 aromatic carbocycles. The molecule has 3 atom stereocenters. The first-order chi connectivity index (χ1) is 7.77. The molecule has 0 spiro atoms. The van der Waals surface area contributed by atoms with Crippen molar-refractivity contribution in [2.45, 2.75) is 63.6 Å². The van der Waals surface area contributed by atoms with Crippen LogP contribution in [0.15, 0.2) is 0 Å². The van der Waals surface area contributed by atoms with Crippen LogP contribution in [0.25, 0.3) is 0 Å². The molecule has 1 aliphatic carbocycles. The number of hydrogen-bond acceptors (Lipinski definition) is 3. The van der Waals surface area contributed by atoms with E-state index in [9.17, 15) is 5.11 Å². The van der Waals surface area contributed by atoms with Gasteiger partial charge in [0.05, 0.1) is 12.2 Å². The molecule has 2 aliphatic rings. The average Bonchev–Trinajstić information content (AvgIpc) is 2.90. The highest BCUT2D eigenvalue weighted by Crippen LogP contribution is 2.41. The van der Waals surface area contributed by atoms with Crippen LogP contribution in [0.4, 0.5) is 0 Å². The van der Waals surface area contributed by atoms with Crippen LogP contribution in [-0.4, -0.2) is 30.5 Å². The summed E-state index contributed by atoms with van der Waals surface area (Å²) in [6, 6.07) is 0. The monoisotopic (exact) mass is 227 g/mol. The molecule has 94 valence electrons. The van der Waals surface area contributed by atoms with Crippen molar-refractivity contribution in [3.8, 4) is 0 Å². The van der Waals surface area contributed by atoms with Crippen molar-refractivity contribution >= 4 is 0 Å². The molecule has 0 aromatic rings. The largest absolute Gasteiger partial charge is 0.393 e. The summed E-state index contributed by atoms with van der Waals surface area (Å²) in [5, 5.41) is 10.0. The van der Waals surface area contributed by atoms with E-state index >= 15 is 0 Å². The highest BCUT2D eigenvalue weighted by Gasteiger charge is 2.40. The fourth-order valence-electron chi connectivity index (χ4n) is 3.31. The molecule has 0 aromatic heterocycles. The molecule has 16 heavy (non-hydrogen) atoms. The van der Waals surface area contributed by atoms with Crippen LogP contribution in [-0.2, 0) is 4.74 Å². The van der Waals surface area contributed by atoms with E-state index in [0.717, 1.165) is 45.1 Å². The summed E-state index contributed by atoms with van der Waals surface area (Å²) in [5.74, 6) is 0. The number of aliphatic hydroxyl groups is 1. The summed E-state index contributed by atoms with van der Waals surface area (Å²) < 4.78 is 5.62. The van der Waals surface area contributed by atoms with Gasteiger partial charge in [-0.25, -0.2) is 0 Å². The van der Waals surface area contributed by atoms with Gasteiger partial charge in [0.25, 0.3) is 0 Å². The minimum atomic E-state index is -0.165. The Hall–Kier alpha value is -0.120. The molecule has 0 radical (unpaired) electrons. The molecule has 3 unspecified atom stereocenters. The first-order valence-electron chi connectivity index (χ1n) is 6.76. The highest BCUT2D eigenvalue weighted by molar-refractivity contribution is 4.92. The van der Waals surface area contributed by atoms with Crippen LogP contribution >= 0.6 is 0 Å². The van der Waals surface area contributed by atoms with Gasteiger partial charge in [0.2, 0.25) is 0 Å². The lowest BCUT2D eigenvalue weighted by molar-refractivity contribution is 0.0436. The van der Waals surface area contributed by atoms with E-state index < -0.39 is 0 Å². The Morgan fingerprint density at radius 2 is 2.19 bits per heavy atom. The quantitative estimate of drug-likeness (QED) is 0.753. The summed E-state index contributed by atoms with van der Waals surface area (Å²) in [5.41, 5.74) is 5.89. The second-order valence-electron chi connectivity index (χ2n) is 5.50. The fraction of sp³-hybridized carbons (Fsp3) is 1.00. The van der Waals surface area contributed by atoms with Gasteiger partial charge in [-0.2, -0.15) is 0 Å². The number of ether oxygens (including phenoxy) is 1. The zero-order valence-corrected chi connectivity index (χ0v) is 10.2. The standard InChI is InChI=1S/C13H25NO2/c14-10-13(8-2-6-12(13)15)7-1-4-11-5-3-9-16-11/h11-12,15H,1-10,14H2. The molecule has 1 heterocycles. The van der Waals surface area contributed by atoms with Gasteiger partial charge in [-0.05, 0) is 38.5 Å². The molecular formula is C13H25NO2. The molecular weight excluding hydrogens is 202 g/mol. The van der Waals surface area contributed by atoms with E-state index in [4.69, 9.17) is 10.5 Å². The van der Waals surface area contributed by atoms with Gasteiger partial charge in [0, 0.05) is 18.6 Å². The fourth-order valence-corrected chi connectivity index (χ4v) is 3.31. The molecule has 0 amide bonds. The predicted octanol–water partition coefficient (Wildman–Crippen LogP) is 1.83. The summed E-state index contributed by atoms with van der Waals surface area (Å²) in [6.07, 6.45) is 9.31. The van der Waals surface area contributed by atoms with Crippen LogP contribution in [0.3, 0.4) is 0 Å². The third-order valence-corrected chi connectivity index (χ3v) is 4.49. The lowest BCUT2D eigenvalue weighted by atomic mass is 9.79. The smallest absolute Gasteiger partial charge is 0.0608 e. The molecule has 3 heteroatoms. The van der Waals surface area contributed by atoms with Crippen LogP contribution in [0.2, 0.25) is 0 Å². The normalized spacial score (nSPS) is 39.4. The maximum absolute atomic E-state index is 10.0. The number of hydrogen-bond donors (Lipinski definition) is 2. The molecule has 3 N–H and O–H groups in total. The first-order valence-corrected chi connectivity index (χ1v) is 6.76. The predicted molar refractivity (Wildman–Crippen MR) is 64.2 cm³/mol. The molecule has 1 aliphatic heterocycles. The van der Waals surface area contributed by atoms with Gasteiger partial charge in [0.15, 0.2) is 0 Å². The second kappa shape index (κ2) is 5.48. The SMILES string of the molecule is NCC1(CCCC2CCCO2)CCCC1O. The molecule has 1 saturated carbocycles. The molecule has 0 bridgehead atoms. The lowest BCUT2D eigenvalue weighted by Gasteiger charge is -2.31. The maximum Gasteiger partial charge on any atom is 0.0608 e. The van der Waals surface area contributed by atoms with Gasteiger partial charge in [-0.15, -0.1) is 0 Å². The van der Waals surface area contributed by atoms with Gasteiger partial charge in [-0.3, -0.25) is 0 Å². The van der Waals surface area contributed by atoms with Crippen molar-refractivity contribution in [2.24, 2.45) is 11.1 Å². The molecule has 2 rings (SSSR count). The Kier molecular flexibility index (Phi) is 4.22. The average molecular weight is 227 g/mol. The highest BCUT2D eigenvalue weighted by atomic mass is 16.5. The third-order valence-electron chi connectivity index (χ3n) is 4.49. The summed E-state index contributed by atoms with van der Waals surface area (Å²) in [4.78, 5) is 0. The van der Waals surface area contributed by atoms with Crippen molar-refractivity contribution in [3.63, 3.8) is 0 Å². The van der Waals surface area contributed by atoms with E-state index in [1.807, 2.05) is 0 Å². The van der Waals surface area contributed by atoms with E-state index in [-0.39, 0.29) is 11.5 Å². The Morgan fingerprint density at radius 1 is 1.31 bits per heavy atom. The van der Waals surface area contributed by atoms with Gasteiger partial charge < -0.3 is 15.6 Å². The number of nitrogens with two attached hydrogens (primary N) is 1.